The number of hydrogen-bond donors (Lipinski definition) is 2. The first-order valence-electron chi connectivity index (χ1n) is 9.83. The quantitative estimate of drug-likeness (QED) is 0.403. The van der Waals surface area contributed by atoms with Gasteiger partial charge in [0, 0.05) is 17.7 Å². The molecular formula is C23H21BrN4O4. The average Bonchev–Trinajstić information content (AvgIpc) is 3.29. The molecule has 0 unspecified atom stereocenters. The molecule has 0 radical (unpaired) electrons. The van der Waals surface area contributed by atoms with Gasteiger partial charge in [-0.15, -0.1) is 0 Å². The maximum absolute atomic E-state index is 13.0. The van der Waals surface area contributed by atoms with Gasteiger partial charge < -0.3 is 13.8 Å². The van der Waals surface area contributed by atoms with Crippen LogP contribution in [0.2, 0.25) is 0 Å². The van der Waals surface area contributed by atoms with Crippen molar-refractivity contribution in [3.05, 3.63) is 81.4 Å². The molecule has 4 aromatic rings. The maximum Gasteiger partial charge on any atom is 0.286 e. The van der Waals surface area contributed by atoms with Gasteiger partial charge in [-0.2, -0.15) is 0 Å². The molecule has 0 saturated heterocycles. The summed E-state index contributed by atoms with van der Waals surface area (Å²) in [4.78, 5) is 25.4. The zero-order valence-corrected chi connectivity index (χ0v) is 19.3. The predicted octanol–water partition coefficient (Wildman–Crippen LogP) is 4.20. The summed E-state index contributed by atoms with van der Waals surface area (Å²) in [5, 5.41) is 5.74. The highest BCUT2D eigenvalue weighted by Gasteiger charge is 2.18. The topological polar surface area (TPSA) is 98.4 Å². The number of rotatable bonds is 5. The van der Waals surface area contributed by atoms with Crippen LogP contribution in [0.15, 0.2) is 57.7 Å². The predicted molar refractivity (Wildman–Crippen MR) is 122 cm³/mol. The van der Waals surface area contributed by atoms with Crippen LogP contribution in [0.25, 0.3) is 10.8 Å². The van der Waals surface area contributed by atoms with Crippen molar-refractivity contribution in [1.29, 1.82) is 0 Å². The Morgan fingerprint density at radius 3 is 2.41 bits per heavy atom. The van der Waals surface area contributed by atoms with Gasteiger partial charge in [-0.1, -0.05) is 29.4 Å². The molecule has 164 valence electrons. The second-order valence-corrected chi connectivity index (χ2v) is 8.27. The van der Waals surface area contributed by atoms with Crippen LogP contribution in [0.1, 0.15) is 37.9 Å². The Labute approximate surface area is 192 Å². The Morgan fingerprint density at radius 2 is 1.78 bits per heavy atom. The molecule has 0 aliphatic heterocycles. The summed E-state index contributed by atoms with van der Waals surface area (Å²) in [6.07, 6.45) is 1.75. The van der Waals surface area contributed by atoms with Crippen molar-refractivity contribution >= 4 is 38.5 Å². The number of aryl methyl sites for hydroxylation is 3. The largest absolute Gasteiger partial charge is 0.488 e. The van der Waals surface area contributed by atoms with Gasteiger partial charge in [-0.25, -0.2) is 0 Å². The molecule has 0 fully saturated rings. The molecule has 32 heavy (non-hydrogen) atoms. The van der Waals surface area contributed by atoms with Crippen molar-refractivity contribution in [2.75, 3.05) is 0 Å². The van der Waals surface area contributed by atoms with Gasteiger partial charge in [0.15, 0.2) is 0 Å². The molecule has 4 rings (SSSR count). The summed E-state index contributed by atoms with van der Waals surface area (Å²) in [6.45, 7) is 3.84. The highest BCUT2D eigenvalue weighted by molar-refractivity contribution is 9.10. The van der Waals surface area contributed by atoms with Crippen LogP contribution in [0.5, 0.6) is 5.75 Å². The third kappa shape index (κ3) is 4.38. The number of hydrazine groups is 1. The number of carbonyl (C=O) groups is 2. The molecule has 2 amide bonds. The number of aromatic nitrogens is 2. The fraction of sp³-hybridized carbons (Fsp3) is 0.174. The molecule has 2 aromatic carbocycles. The van der Waals surface area contributed by atoms with Crippen molar-refractivity contribution < 1.29 is 18.8 Å². The normalized spacial score (nSPS) is 10.9. The number of halogens is 1. The van der Waals surface area contributed by atoms with Crippen LogP contribution in [-0.4, -0.2) is 21.5 Å². The van der Waals surface area contributed by atoms with E-state index in [0.717, 1.165) is 26.5 Å². The Kier molecular flexibility index (Phi) is 6.00. The van der Waals surface area contributed by atoms with E-state index in [2.05, 4.69) is 31.9 Å². The molecule has 0 atom stereocenters. The summed E-state index contributed by atoms with van der Waals surface area (Å²) < 4.78 is 13.6. The fourth-order valence-electron chi connectivity index (χ4n) is 3.37. The molecule has 0 aliphatic rings. The summed E-state index contributed by atoms with van der Waals surface area (Å²) in [7, 11) is 1.74. The fourth-order valence-corrected chi connectivity index (χ4v) is 3.89. The van der Waals surface area contributed by atoms with E-state index in [-0.39, 0.29) is 6.61 Å². The number of benzene rings is 2. The van der Waals surface area contributed by atoms with Crippen LogP contribution in [-0.2, 0) is 13.7 Å². The molecule has 0 aliphatic carbocycles. The monoisotopic (exact) mass is 496 g/mol. The van der Waals surface area contributed by atoms with Crippen molar-refractivity contribution in [3.63, 3.8) is 0 Å². The first-order chi connectivity index (χ1) is 15.3. The smallest absolute Gasteiger partial charge is 0.286 e. The molecule has 0 bridgehead atoms. The molecule has 8 nitrogen and oxygen atoms in total. The molecule has 2 N–H and O–H groups in total. The molecule has 2 heterocycles. The van der Waals surface area contributed by atoms with Gasteiger partial charge >= 0.3 is 0 Å². The van der Waals surface area contributed by atoms with E-state index in [4.69, 9.17) is 9.26 Å². The number of nitrogens with one attached hydrogen (secondary N) is 2. The van der Waals surface area contributed by atoms with Crippen LogP contribution < -0.4 is 15.6 Å². The number of carbonyl (C=O) groups excluding carboxylic acids is 2. The number of ether oxygens (including phenoxy) is 1. The second-order valence-electron chi connectivity index (χ2n) is 7.35. The Balaban J connectivity index is 1.58. The van der Waals surface area contributed by atoms with Crippen LogP contribution >= 0.6 is 15.9 Å². The number of amides is 2. The third-order valence-electron chi connectivity index (χ3n) is 5.14. The Morgan fingerprint density at radius 1 is 1.09 bits per heavy atom. The van der Waals surface area contributed by atoms with Crippen LogP contribution in [0.3, 0.4) is 0 Å². The van der Waals surface area contributed by atoms with Crippen molar-refractivity contribution in [2.45, 2.75) is 20.5 Å². The first-order valence-corrected chi connectivity index (χ1v) is 10.6. The van der Waals surface area contributed by atoms with E-state index >= 15 is 0 Å². The highest BCUT2D eigenvalue weighted by atomic mass is 79.9. The minimum Gasteiger partial charge on any atom is -0.488 e. The van der Waals surface area contributed by atoms with Crippen LogP contribution in [0.4, 0.5) is 0 Å². The third-order valence-corrected chi connectivity index (χ3v) is 5.57. The van der Waals surface area contributed by atoms with E-state index in [9.17, 15) is 9.59 Å². The van der Waals surface area contributed by atoms with Crippen molar-refractivity contribution in [1.82, 2.24) is 20.6 Å². The average molecular weight is 497 g/mol. The minimum absolute atomic E-state index is 0.198. The first kappa shape index (κ1) is 21.6. The molecule has 0 saturated carbocycles. The second kappa shape index (κ2) is 8.88. The Bertz CT molecular complexity index is 1310. The van der Waals surface area contributed by atoms with E-state index in [1.807, 2.05) is 38.1 Å². The van der Waals surface area contributed by atoms with Crippen molar-refractivity contribution in [2.24, 2.45) is 7.05 Å². The summed E-state index contributed by atoms with van der Waals surface area (Å²) >= 11 is 3.33. The lowest BCUT2D eigenvalue weighted by atomic mass is 10.1. The van der Waals surface area contributed by atoms with Gasteiger partial charge in [0.1, 0.15) is 23.8 Å². The van der Waals surface area contributed by atoms with E-state index in [1.54, 1.807) is 36.0 Å². The molecular weight excluding hydrogens is 476 g/mol. The zero-order chi connectivity index (χ0) is 22.8. The molecule has 9 heteroatoms. The Hall–Kier alpha value is -3.59. The van der Waals surface area contributed by atoms with Gasteiger partial charge in [-0.05, 0) is 58.7 Å². The lowest BCUT2D eigenvalue weighted by Gasteiger charge is -2.14. The van der Waals surface area contributed by atoms with Gasteiger partial charge in [0.25, 0.3) is 11.8 Å². The standard InChI is InChI=1S/C23H21BrN4O4/c1-13-19(14(2)32-27-13)12-31-21-9-16-7-5-4-6-15(16)8-18(21)22(29)25-26-23(30)20-10-17(24)11-28(20)3/h4-11H,12H2,1-3H3,(H,25,29)(H,26,30). The SMILES string of the molecule is Cc1noc(C)c1COc1cc2ccccc2cc1C(=O)NNC(=O)c1cc(Br)cn1C. The number of nitrogens with zero attached hydrogens (tertiary/aromatic N) is 2. The molecule has 2 aromatic heterocycles. The maximum atomic E-state index is 13.0. The lowest BCUT2D eigenvalue weighted by molar-refractivity contribution is 0.0839. The van der Waals surface area contributed by atoms with Gasteiger partial charge in [0.05, 0.1) is 16.8 Å². The molecule has 0 spiro atoms. The lowest BCUT2D eigenvalue weighted by Crippen LogP contribution is -2.42. The van der Waals surface area contributed by atoms with E-state index < -0.39 is 11.8 Å². The zero-order valence-electron chi connectivity index (χ0n) is 17.7. The van der Waals surface area contributed by atoms with Crippen LogP contribution in [0, 0.1) is 13.8 Å². The number of hydrogen-bond acceptors (Lipinski definition) is 5. The number of fused-ring (bicyclic) bond motifs is 1. The van der Waals surface area contributed by atoms with Gasteiger partial charge in [0.2, 0.25) is 0 Å². The van der Waals surface area contributed by atoms with Gasteiger partial charge in [-0.3, -0.25) is 20.4 Å². The summed E-state index contributed by atoms with van der Waals surface area (Å²) in [5.41, 5.74) is 7.18. The highest BCUT2D eigenvalue weighted by Crippen LogP contribution is 2.27. The van der Waals surface area contributed by atoms with E-state index in [0.29, 0.717) is 22.8 Å². The summed E-state index contributed by atoms with van der Waals surface area (Å²) in [6, 6.07) is 12.9. The van der Waals surface area contributed by atoms with Crippen molar-refractivity contribution in [3.8, 4) is 5.75 Å². The summed E-state index contributed by atoms with van der Waals surface area (Å²) in [5.74, 6) is 0.115. The minimum atomic E-state index is -0.494. The van der Waals surface area contributed by atoms with E-state index in [1.165, 1.54) is 0 Å².